The van der Waals surface area contributed by atoms with Crippen LogP contribution in [0.1, 0.15) is 13.3 Å². The van der Waals surface area contributed by atoms with Gasteiger partial charge < -0.3 is 5.32 Å². The molecule has 1 fully saturated rings. The number of benzene rings is 1. The molecule has 1 aliphatic heterocycles. The Morgan fingerprint density at radius 3 is 2.55 bits per heavy atom. The van der Waals surface area contributed by atoms with Gasteiger partial charge in [0.1, 0.15) is 0 Å². The molecule has 1 aromatic carbocycles. The highest BCUT2D eigenvalue weighted by Gasteiger charge is 2.39. The highest BCUT2D eigenvalue weighted by Crippen LogP contribution is 2.29. The van der Waals surface area contributed by atoms with Gasteiger partial charge in [0.25, 0.3) is 5.91 Å². The molecule has 20 heavy (non-hydrogen) atoms. The van der Waals surface area contributed by atoms with Crippen molar-refractivity contribution in [2.24, 2.45) is 0 Å². The SMILES string of the molecule is C/C=C/CNC1CC(=O)N(c2cc(Cl)cc(Cl)c2)C1=O. The van der Waals surface area contributed by atoms with E-state index in [2.05, 4.69) is 5.32 Å². The molecular formula is C14H14Cl2N2O2. The van der Waals surface area contributed by atoms with E-state index in [0.29, 0.717) is 22.3 Å². The predicted octanol–water partition coefficient (Wildman–Crippen LogP) is 2.79. The van der Waals surface area contributed by atoms with Gasteiger partial charge in [-0.1, -0.05) is 35.4 Å². The van der Waals surface area contributed by atoms with Crippen LogP contribution in [0.5, 0.6) is 0 Å². The van der Waals surface area contributed by atoms with Crippen molar-refractivity contribution in [2.75, 3.05) is 11.4 Å². The monoisotopic (exact) mass is 312 g/mol. The first-order valence-electron chi connectivity index (χ1n) is 6.20. The summed E-state index contributed by atoms with van der Waals surface area (Å²) in [4.78, 5) is 25.4. The normalized spacial score (nSPS) is 19.4. The van der Waals surface area contributed by atoms with Crippen LogP contribution in [0.2, 0.25) is 10.0 Å². The third kappa shape index (κ3) is 3.20. The summed E-state index contributed by atoms with van der Waals surface area (Å²) in [6, 6.07) is 4.16. The largest absolute Gasteiger partial charge is 0.302 e. The van der Waals surface area contributed by atoms with Crippen LogP contribution in [0.25, 0.3) is 0 Å². The quantitative estimate of drug-likeness (QED) is 0.687. The Balaban J connectivity index is 2.20. The molecule has 0 spiro atoms. The van der Waals surface area contributed by atoms with Gasteiger partial charge in [0.05, 0.1) is 18.2 Å². The second-order valence-electron chi connectivity index (χ2n) is 4.43. The molecule has 0 bridgehead atoms. The van der Waals surface area contributed by atoms with Crippen LogP contribution in [-0.4, -0.2) is 24.4 Å². The van der Waals surface area contributed by atoms with Gasteiger partial charge in [0, 0.05) is 16.6 Å². The summed E-state index contributed by atoms with van der Waals surface area (Å²) in [6.07, 6.45) is 3.90. The fourth-order valence-corrected chi connectivity index (χ4v) is 2.57. The molecule has 1 heterocycles. The summed E-state index contributed by atoms with van der Waals surface area (Å²) in [5, 5.41) is 3.80. The maximum absolute atomic E-state index is 12.3. The highest BCUT2D eigenvalue weighted by atomic mass is 35.5. The third-order valence-corrected chi connectivity index (χ3v) is 3.41. The number of hydrogen-bond acceptors (Lipinski definition) is 3. The molecule has 0 saturated carbocycles. The van der Waals surface area contributed by atoms with Crippen molar-refractivity contribution in [2.45, 2.75) is 19.4 Å². The smallest absolute Gasteiger partial charge is 0.251 e. The molecule has 2 amide bonds. The van der Waals surface area contributed by atoms with Crippen LogP contribution in [-0.2, 0) is 9.59 Å². The first kappa shape index (κ1) is 15.0. The van der Waals surface area contributed by atoms with E-state index in [1.807, 2.05) is 19.1 Å². The van der Waals surface area contributed by atoms with E-state index in [1.165, 1.54) is 0 Å². The van der Waals surface area contributed by atoms with Crippen molar-refractivity contribution in [3.05, 3.63) is 40.4 Å². The molecule has 1 aromatic rings. The number of nitrogens with zero attached hydrogens (tertiary/aromatic N) is 1. The second-order valence-corrected chi connectivity index (χ2v) is 5.30. The fraction of sp³-hybridized carbons (Fsp3) is 0.286. The number of rotatable bonds is 4. The van der Waals surface area contributed by atoms with Gasteiger partial charge in [-0.3, -0.25) is 9.59 Å². The zero-order valence-corrected chi connectivity index (χ0v) is 12.4. The highest BCUT2D eigenvalue weighted by molar-refractivity contribution is 6.35. The summed E-state index contributed by atoms with van der Waals surface area (Å²) < 4.78 is 0. The molecule has 1 unspecified atom stereocenters. The minimum atomic E-state index is -0.503. The average molecular weight is 313 g/mol. The number of nitrogens with one attached hydrogen (secondary N) is 1. The van der Waals surface area contributed by atoms with Gasteiger partial charge in [-0.15, -0.1) is 0 Å². The Morgan fingerprint density at radius 2 is 1.95 bits per heavy atom. The maximum atomic E-state index is 12.3. The van der Waals surface area contributed by atoms with Gasteiger partial charge in [-0.25, -0.2) is 4.90 Å². The van der Waals surface area contributed by atoms with E-state index in [0.717, 1.165) is 4.90 Å². The lowest BCUT2D eigenvalue weighted by atomic mass is 10.2. The summed E-state index contributed by atoms with van der Waals surface area (Å²) in [5.41, 5.74) is 0.410. The molecule has 1 saturated heterocycles. The number of amides is 2. The molecule has 2 rings (SSSR count). The standard InChI is InChI=1S/C14H14Cl2N2O2/c1-2-3-4-17-12-8-13(19)18(14(12)20)11-6-9(15)5-10(16)7-11/h2-3,5-7,12,17H,4,8H2,1H3/b3-2+. The van der Waals surface area contributed by atoms with Gasteiger partial charge in [0.2, 0.25) is 5.91 Å². The lowest BCUT2D eigenvalue weighted by Crippen LogP contribution is -2.38. The van der Waals surface area contributed by atoms with Crippen LogP contribution < -0.4 is 10.2 Å². The Bertz CT molecular complexity index is 552. The van der Waals surface area contributed by atoms with Crippen molar-refractivity contribution >= 4 is 40.7 Å². The van der Waals surface area contributed by atoms with Gasteiger partial charge in [-0.2, -0.15) is 0 Å². The van der Waals surface area contributed by atoms with Crippen molar-refractivity contribution in [3.63, 3.8) is 0 Å². The number of hydrogen-bond donors (Lipinski definition) is 1. The molecule has 1 aliphatic rings. The molecule has 0 aliphatic carbocycles. The fourth-order valence-electron chi connectivity index (χ4n) is 2.06. The first-order valence-corrected chi connectivity index (χ1v) is 6.96. The van der Waals surface area contributed by atoms with Crippen LogP contribution in [0, 0.1) is 0 Å². The minimum absolute atomic E-state index is 0.139. The molecular weight excluding hydrogens is 299 g/mol. The van der Waals surface area contributed by atoms with E-state index in [1.54, 1.807) is 18.2 Å². The van der Waals surface area contributed by atoms with Crippen molar-refractivity contribution in [1.29, 1.82) is 0 Å². The molecule has 4 nitrogen and oxygen atoms in total. The van der Waals surface area contributed by atoms with E-state index in [-0.39, 0.29) is 18.2 Å². The van der Waals surface area contributed by atoms with Crippen LogP contribution in [0.15, 0.2) is 30.4 Å². The van der Waals surface area contributed by atoms with Gasteiger partial charge >= 0.3 is 0 Å². The Hall–Kier alpha value is -1.36. The number of carbonyl (C=O) groups excluding carboxylic acids is 2. The van der Waals surface area contributed by atoms with Crippen LogP contribution in [0.3, 0.4) is 0 Å². The Kier molecular flexibility index (Phi) is 4.81. The molecule has 1 N–H and O–H groups in total. The number of carbonyl (C=O) groups is 2. The lowest BCUT2D eigenvalue weighted by molar-refractivity contribution is -0.121. The van der Waals surface area contributed by atoms with E-state index in [4.69, 9.17) is 23.2 Å². The number of imide groups is 1. The summed E-state index contributed by atoms with van der Waals surface area (Å²) >= 11 is 11.8. The Labute approximate surface area is 127 Å². The van der Waals surface area contributed by atoms with Crippen molar-refractivity contribution < 1.29 is 9.59 Å². The zero-order chi connectivity index (χ0) is 14.7. The first-order chi connectivity index (χ1) is 9.52. The molecule has 106 valence electrons. The van der Waals surface area contributed by atoms with Crippen molar-refractivity contribution in [1.82, 2.24) is 5.32 Å². The lowest BCUT2D eigenvalue weighted by Gasteiger charge is -2.16. The van der Waals surface area contributed by atoms with E-state index >= 15 is 0 Å². The number of halogens is 2. The molecule has 0 aromatic heterocycles. The Morgan fingerprint density at radius 1 is 1.30 bits per heavy atom. The maximum Gasteiger partial charge on any atom is 0.251 e. The van der Waals surface area contributed by atoms with Gasteiger partial charge in [-0.05, 0) is 25.1 Å². The summed E-state index contributed by atoms with van der Waals surface area (Å²) in [6.45, 7) is 2.44. The van der Waals surface area contributed by atoms with Crippen LogP contribution in [0.4, 0.5) is 5.69 Å². The minimum Gasteiger partial charge on any atom is -0.302 e. The molecule has 6 heteroatoms. The molecule has 1 atom stereocenters. The van der Waals surface area contributed by atoms with E-state index < -0.39 is 6.04 Å². The third-order valence-electron chi connectivity index (χ3n) is 2.97. The number of allylic oxidation sites excluding steroid dienone is 1. The molecule has 0 radical (unpaired) electrons. The summed E-state index contributed by atoms with van der Waals surface area (Å²) in [5.74, 6) is -0.538. The van der Waals surface area contributed by atoms with Crippen LogP contribution >= 0.6 is 23.2 Å². The topological polar surface area (TPSA) is 49.4 Å². The summed E-state index contributed by atoms with van der Waals surface area (Å²) in [7, 11) is 0. The van der Waals surface area contributed by atoms with Crippen molar-refractivity contribution in [3.8, 4) is 0 Å². The second kappa shape index (κ2) is 6.39. The van der Waals surface area contributed by atoms with Gasteiger partial charge in [0.15, 0.2) is 0 Å². The average Bonchev–Trinajstić information content (AvgIpc) is 2.63. The van der Waals surface area contributed by atoms with E-state index in [9.17, 15) is 9.59 Å². The zero-order valence-electron chi connectivity index (χ0n) is 10.9. The predicted molar refractivity (Wildman–Crippen MR) is 80.2 cm³/mol. The number of anilines is 1.